The summed E-state index contributed by atoms with van der Waals surface area (Å²) in [5.74, 6) is -0.198. The Balaban J connectivity index is 1.51. The van der Waals surface area contributed by atoms with Crippen LogP contribution in [0, 0.1) is 0 Å². The van der Waals surface area contributed by atoms with Crippen LogP contribution in [0.2, 0.25) is 0 Å². The van der Waals surface area contributed by atoms with E-state index >= 15 is 0 Å². The first-order valence-electron chi connectivity index (χ1n) is 10.5. The summed E-state index contributed by atoms with van der Waals surface area (Å²) >= 11 is 0. The highest BCUT2D eigenvalue weighted by Crippen LogP contribution is 2.32. The van der Waals surface area contributed by atoms with Crippen molar-refractivity contribution >= 4 is 34.0 Å². The molecule has 0 fully saturated rings. The van der Waals surface area contributed by atoms with Gasteiger partial charge in [-0.05, 0) is 36.8 Å². The quantitative estimate of drug-likeness (QED) is 0.506. The summed E-state index contributed by atoms with van der Waals surface area (Å²) < 4.78 is 6.86. The zero-order valence-corrected chi connectivity index (χ0v) is 17.7. The standard InChI is InChI=1S/C25H20N4O4/c1-15-23(30)27-20-13-17(11-12-21(20)33-15)26-24(31)22-18-9-5-6-10-19(18)25(32)29(28-22)14-16-7-3-2-4-8-16/h2-13,15H,14H2,1H3,(H,26,31)(H,27,30). The van der Waals surface area contributed by atoms with E-state index in [-0.39, 0.29) is 23.7 Å². The predicted octanol–water partition coefficient (Wildman–Crippen LogP) is 3.42. The third kappa shape index (κ3) is 3.94. The van der Waals surface area contributed by atoms with Gasteiger partial charge in [0.25, 0.3) is 17.4 Å². The van der Waals surface area contributed by atoms with Crippen LogP contribution in [0.1, 0.15) is 23.0 Å². The van der Waals surface area contributed by atoms with Crippen LogP contribution in [-0.2, 0) is 11.3 Å². The van der Waals surface area contributed by atoms with Gasteiger partial charge < -0.3 is 15.4 Å². The molecular formula is C25H20N4O4. The van der Waals surface area contributed by atoms with Crippen LogP contribution in [0.25, 0.3) is 10.8 Å². The molecule has 2 amide bonds. The second kappa shape index (κ2) is 8.23. The van der Waals surface area contributed by atoms with Crippen molar-refractivity contribution in [2.75, 3.05) is 10.6 Å². The summed E-state index contributed by atoms with van der Waals surface area (Å²) in [6.07, 6.45) is -0.584. The summed E-state index contributed by atoms with van der Waals surface area (Å²) in [7, 11) is 0. The summed E-state index contributed by atoms with van der Waals surface area (Å²) in [4.78, 5) is 38.1. The summed E-state index contributed by atoms with van der Waals surface area (Å²) in [6, 6.07) is 21.3. The van der Waals surface area contributed by atoms with Gasteiger partial charge >= 0.3 is 0 Å². The van der Waals surface area contributed by atoms with E-state index in [1.165, 1.54) is 4.68 Å². The topological polar surface area (TPSA) is 102 Å². The lowest BCUT2D eigenvalue weighted by Crippen LogP contribution is -2.34. The van der Waals surface area contributed by atoms with E-state index in [4.69, 9.17) is 4.74 Å². The number of benzene rings is 3. The molecule has 5 rings (SSSR count). The van der Waals surface area contributed by atoms with E-state index in [2.05, 4.69) is 15.7 Å². The second-order valence-corrected chi connectivity index (χ2v) is 7.76. The number of carbonyl (C=O) groups is 2. The molecule has 2 heterocycles. The van der Waals surface area contributed by atoms with Crippen molar-refractivity contribution in [3.63, 3.8) is 0 Å². The number of nitrogens with one attached hydrogen (secondary N) is 2. The lowest BCUT2D eigenvalue weighted by molar-refractivity contribution is -0.122. The van der Waals surface area contributed by atoms with E-state index in [0.717, 1.165) is 5.56 Å². The number of hydrogen-bond acceptors (Lipinski definition) is 5. The molecule has 164 valence electrons. The SMILES string of the molecule is CC1Oc2ccc(NC(=O)c3nn(Cc4ccccc4)c(=O)c4ccccc34)cc2NC1=O. The van der Waals surface area contributed by atoms with Gasteiger partial charge in [0, 0.05) is 11.1 Å². The van der Waals surface area contributed by atoms with Crippen LogP contribution in [0.15, 0.2) is 77.6 Å². The Morgan fingerprint density at radius 1 is 1.03 bits per heavy atom. The minimum Gasteiger partial charge on any atom is -0.479 e. The molecule has 2 N–H and O–H groups in total. The van der Waals surface area contributed by atoms with Crippen molar-refractivity contribution < 1.29 is 14.3 Å². The molecule has 1 unspecified atom stereocenters. The fourth-order valence-electron chi connectivity index (χ4n) is 3.74. The molecule has 0 radical (unpaired) electrons. The highest BCUT2D eigenvalue weighted by Gasteiger charge is 2.24. The van der Waals surface area contributed by atoms with Crippen LogP contribution in [-0.4, -0.2) is 27.7 Å². The molecular weight excluding hydrogens is 420 g/mol. The van der Waals surface area contributed by atoms with Gasteiger partial charge in [-0.1, -0.05) is 48.5 Å². The number of rotatable bonds is 4. The molecule has 1 aromatic heterocycles. The second-order valence-electron chi connectivity index (χ2n) is 7.76. The molecule has 8 heteroatoms. The minimum absolute atomic E-state index is 0.132. The molecule has 0 saturated carbocycles. The summed E-state index contributed by atoms with van der Waals surface area (Å²) in [5, 5.41) is 10.8. The molecule has 1 atom stereocenters. The molecule has 1 aliphatic rings. The first kappa shape index (κ1) is 20.4. The number of aromatic nitrogens is 2. The van der Waals surface area contributed by atoms with Crippen molar-refractivity contribution in [1.29, 1.82) is 0 Å². The van der Waals surface area contributed by atoms with Crippen molar-refractivity contribution in [3.05, 3.63) is 94.4 Å². The van der Waals surface area contributed by atoms with Crippen molar-refractivity contribution in [2.45, 2.75) is 19.6 Å². The molecule has 3 aromatic carbocycles. The highest BCUT2D eigenvalue weighted by atomic mass is 16.5. The molecule has 0 bridgehead atoms. The zero-order chi connectivity index (χ0) is 22.9. The number of hydrogen-bond donors (Lipinski definition) is 2. The third-order valence-electron chi connectivity index (χ3n) is 5.43. The minimum atomic E-state index is -0.584. The lowest BCUT2D eigenvalue weighted by Gasteiger charge is -2.23. The van der Waals surface area contributed by atoms with Gasteiger partial charge in [-0.25, -0.2) is 4.68 Å². The Hall–Kier alpha value is -4.46. The summed E-state index contributed by atoms with van der Waals surface area (Å²) in [5.41, 5.74) is 1.70. The first-order valence-corrected chi connectivity index (χ1v) is 10.5. The van der Waals surface area contributed by atoms with Crippen LogP contribution in [0.5, 0.6) is 5.75 Å². The monoisotopic (exact) mass is 440 g/mol. The zero-order valence-electron chi connectivity index (χ0n) is 17.7. The number of nitrogens with zero attached hydrogens (tertiary/aromatic N) is 2. The van der Waals surface area contributed by atoms with E-state index < -0.39 is 12.0 Å². The molecule has 4 aromatic rings. The maximum absolute atomic E-state index is 13.2. The van der Waals surface area contributed by atoms with Gasteiger partial charge in [0.1, 0.15) is 5.75 Å². The van der Waals surface area contributed by atoms with Crippen LogP contribution in [0.4, 0.5) is 11.4 Å². The van der Waals surface area contributed by atoms with Gasteiger partial charge in [-0.2, -0.15) is 5.10 Å². The van der Waals surface area contributed by atoms with Gasteiger partial charge in [0.15, 0.2) is 11.8 Å². The molecule has 33 heavy (non-hydrogen) atoms. The van der Waals surface area contributed by atoms with Gasteiger partial charge in [-0.15, -0.1) is 0 Å². The van der Waals surface area contributed by atoms with Gasteiger partial charge in [0.2, 0.25) is 0 Å². The van der Waals surface area contributed by atoms with Gasteiger partial charge in [0.05, 0.1) is 17.6 Å². The number of carbonyl (C=O) groups excluding carboxylic acids is 2. The first-order chi connectivity index (χ1) is 16.0. The Morgan fingerprint density at radius 3 is 2.55 bits per heavy atom. The Morgan fingerprint density at radius 2 is 1.76 bits per heavy atom. The van der Waals surface area contributed by atoms with Crippen molar-refractivity contribution in [3.8, 4) is 5.75 Å². The molecule has 0 saturated heterocycles. The number of fused-ring (bicyclic) bond motifs is 2. The highest BCUT2D eigenvalue weighted by molar-refractivity contribution is 6.11. The molecule has 1 aliphatic heterocycles. The largest absolute Gasteiger partial charge is 0.479 e. The van der Waals surface area contributed by atoms with Gasteiger partial charge in [-0.3, -0.25) is 14.4 Å². The van der Waals surface area contributed by atoms with E-state index in [9.17, 15) is 14.4 Å². The fourth-order valence-corrected chi connectivity index (χ4v) is 3.74. The maximum Gasteiger partial charge on any atom is 0.276 e. The predicted molar refractivity (Wildman–Crippen MR) is 125 cm³/mol. The lowest BCUT2D eigenvalue weighted by atomic mass is 10.1. The molecule has 0 spiro atoms. The van der Waals surface area contributed by atoms with E-state index in [1.54, 1.807) is 49.4 Å². The number of ether oxygens (including phenoxy) is 1. The van der Waals surface area contributed by atoms with Crippen LogP contribution in [0.3, 0.4) is 0 Å². The van der Waals surface area contributed by atoms with Crippen LogP contribution >= 0.6 is 0 Å². The van der Waals surface area contributed by atoms with Crippen molar-refractivity contribution in [2.24, 2.45) is 0 Å². The Labute approximate surface area is 188 Å². The van der Waals surface area contributed by atoms with E-state index in [0.29, 0.717) is 27.9 Å². The number of anilines is 2. The van der Waals surface area contributed by atoms with Crippen molar-refractivity contribution in [1.82, 2.24) is 9.78 Å². The molecule has 0 aliphatic carbocycles. The smallest absolute Gasteiger partial charge is 0.276 e. The number of amides is 2. The third-order valence-corrected chi connectivity index (χ3v) is 5.43. The fraction of sp³-hybridized carbons (Fsp3) is 0.120. The summed E-state index contributed by atoms with van der Waals surface area (Å²) in [6.45, 7) is 1.90. The Bertz CT molecular complexity index is 1450. The van der Waals surface area contributed by atoms with Crippen LogP contribution < -0.4 is 20.9 Å². The molecule has 8 nitrogen and oxygen atoms in total. The normalized spacial score (nSPS) is 14.8. The van der Waals surface area contributed by atoms with E-state index in [1.807, 2.05) is 30.3 Å². The Kier molecular flexibility index (Phi) is 5.10. The average Bonchev–Trinajstić information content (AvgIpc) is 2.82. The maximum atomic E-state index is 13.2. The average molecular weight is 440 g/mol.